The molecule has 6 heteroatoms. The van der Waals surface area contributed by atoms with Crippen LogP contribution in [0.4, 0.5) is 0 Å². The van der Waals surface area contributed by atoms with E-state index in [-0.39, 0.29) is 11.8 Å². The van der Waals surface area contributed by atoms with Gasteiger partial charge in [-0.25, -0.2) is 0 Å². The number of nitrogens with zero attached hydrogens (tertiary/aromatic N) is 3. The third kappa shape index (κ3) is 3.75. The van der Waals surface area contributed by atoms with Crippen LogP contribution in [0.25, 0.3) is 17.5 Å². The molecule has 1 saturated heterocycles. The van der Waals surface area contributed by atoms with E-state index in [1.54, 1.807) is 17.4 Å². The lowest BCUT2D eigenvalue weighted by Gasteiger charge is -2.30. The van der Waals surface area contributed by atoms with Crippen molar-refractivity contribution < 1.29 is 9.21 Å². The number of aromatic nitrogens is 2. The first kappa shape index (κ1) is 16.7. The van der Waals surface area contributed by atoms with E-state index >= 15 is 0 Å². The Balaban J connectivity index is 1.42. The fourth-order valence-electron chi connectivity index (χ4n) is 3.12. The van der Waals surface area contributed by atoms with E-state index in [4.69, 9.17) is 4.42 Å². The number of hydrogen-bond acceptors (Lipinski definition) is 5. The number of benzene rings is 1. The molecule has 4 rings (SSSR count). The zero-order chi connectivity index (χ0) is 17.8. The van der Waals surface area contributed by atoms with E-state index in [1.807, 2.05) is 58.1 Å². The van der Waals surface area contributed by atoms with E-state index < -0.39 is 0 Å². The number of hydrogen-bond donors (Lipinski definition) is 0. The molecular weight excluding hydrogens is 346 g/mol. The molecule has 0 aliphatic carbocycles. The zero-order valence-corrected chi connectivity index (χ0v) is 15.1. The van der Waals surface area contributed by atoms with Crippen molar-refractivity contribution >= 4 is 23.3 Å². The van der Waals surface area contributed by atoms with Crippen LogP contribution in [0.5, 0.6) is 0 Å². The van der Waals surface area contributed by atoms with Crippen LogP contribution >= 0.6 is 11.3 Å². The fraction of sp³-hybridized carbons (Fsp3) is 0.250. The van der Waals surface area contributed by atoms with E-state index in [2.05, 4.69) is 10.2 Å². The van der Waals surface area contributed by atoms with Crippen LogP contribution in [0.15, 0.2) is 57.7 Å². The molecule has 0 bridgehead atoms. The largest absolute Gasteiger partial charge is 0.420 e. The Kier molecular flexibility index (Phi) is 4.93. The van der Waals surface area contributed by atoms with Crippen molar-refractivity contribution in [2.45, 2.75) is 18.8 Å². The number of carbonyl (C=O) groups is 1. The topological polar surface area (TPSA) is 59.2 Å². The SMILES string of the molecule is O=C(/C=C/c1ccccc1)N1CCCC(c2nnc(-c3ccsc3)o2)C1. The number of likely N-dealkylation sites (tertiary alicyclic amines) is 1. The summed E-state index contributed by atoms with van der Waals surface area (Å²) in [5.41, 5.74) is 1.97. The summed E-state index contributed by atoms with van der Waals surface area (Å²) < 4.78 is 5.85. The normalized spacial score (nSPS) is 17.7. The van der Waals surface area contributed by atoms with Crippen molar-refractivity contribution in [3.63, 3.8) is 0 Å². The van der Waals surface area contributed by atoms with E-state index in [9.17, 15) is 4.79 Å². The predicted octanol–water partition coefficient (Wildman–Crippen LogP) is 4.22. The van der Waals surface area contributed by atoms with Crippen molar-refractivity contribution in [3.8, 4) is 11.5 Å². The molecule has 1 fully saturated rings. The summed E-state index contributed by atoms with van der Waals surface area (Å²) in [7, 11) is 0. The van der Waals surface area contributed by atoms with E-state index in [1.165, 1.54) is 0 Å². The zero-order valence-electron chi connectivity index (χ0n) is 14.2. The van der Waals surface area contributed by atoms with Crippen LogP contribution in [-0.4, -0.2) is 34.1 Å². The number of piperidine rings is 1. The maximum absolute atomic E-state index is 12.5. The summed E-state index contributed by atoms with van der Waals surface area (Å²) >= 11 is 1.60. The van der Waals surface area contributed by atoms with Gasteiger partial charge in [-0.3, -0.25) is 4.79 Å². The van der Waals surface area contributed by atoms with Crippen molar-refractivity contribution in [1.82, 2.24) is 15.1 Å². The minimum atomic E-state index is 0.0242. The lowest BCUT2D eigenvalue weighted by atomic mass is 9.98. The summed E-state index contributed by atoms with van der Waals surface area (Å²) in [6, 6.07) is 11.8. The molecule has 1 unspecified atom stereocenters. The summed E-state index contributed by atoms with van der Waals surface area (Å²) in [5, 5.41) is 12.3. The van der Waals surface area contributed by atoms with Crippen molar-refractivity contribution in [2.24, 2.45) is 0 Å². The molecule has 1 aliphatic heterocycles. The van der Waals surface area contributed by atoms with Crippen LogP contribution in [0.1, 0.15) is 30.2 Å². The Morgan fingerprint density at radius 1 is 1.23 bits per heavy atom. The van der Waals surface area contributed by atoms with Crippen molar-refractivity contribution in [1.29, 1.82) is 0 Å². The summed E-state index contributed by atoms with van der Waals surface area (Å²) in [4.78, 5) is 14.4. The van der Waals surface area contributed by atoms with Crippen LogP contribution in [0, 0.1) is 0 Å². The number of amides is 1. The molecule has 132 valence electrons. The monoisotopic (exact) mass is 365 g/mol. The fourth-order valence-corrected chi connectivity index (χ4v) is 3.75. The van der Waals surface area contributed by atoms with Gasteiger partial charge in [0.05, 0.1) is 5.92 Å². The van der Waals surface area contributed by atoms with Gasteiger partial charge < -0.3 is 9.32 Å². The molecule has 0 radical (unpaired) electrons. The van der Waals surface area contributed by atoms with Crippen LogP contribution < -0.4 is 0 Å². The van der Waals surface area contributed by atoms with Gasteiger partial charge in [-0.2, -0.15) is 11.3 Å². The van der Waals surface area contributed by atoms with Crippen LogP contribution in [0.2, 0.25) is 0 Å². The molecule has 1 aromatic carbocycles. The highest BCUT2D eigenvalue weighted by molar-refractivity contribution is 7.08. The van der Waals surface area contributed by atoms with Gasteiger partial charge in [-0.05, 0) is 35.9 Å². The maximum atomic E-state index is 12.5. The molecular formula is C20H19N3O2S. The predicted molar refractivity (Wildman–Crippen MR) is 102 cm³/mol. The van der Waals surface area contributed by atoms with Gasteiger partial charge in [0.2, 0.25) is 17.7 Å². The molecule has 0 spiro atoms. The quantitative estimate of drug-likeness (QED) is 0.650. The molecule has 5 nitrogen and oxygen atoms in total. The van der Waals surface area contributed by atoms with Gasteiger partial charge in [-0.1, -0.05) is 30.3 Å². The molecule has 0 saturated carbocycles. The third-order valence-corrected chi connectivity index (χ3v) is 5.19. The summed E-state index contributed by atoms with van der Waals surface area (Å²) in [6.07, 6.45) is 5.39. The van der Waals surface area contributed by atoms with E-state index in [0.717, 1.165) is 30.5 Å². The Bertz CT molecular complexity index is 887. The minimum Gasteiger partial charge on any atom is -0.420 e. The molecule has 3 heterocycles. The molecule has 2 aromatic heterocycles. The Labute approximate surface area is 156 Å². The average molecular weight is 365 g/mol. The van der Waals surface area contributed by atoms with Crippen molar-refractivity contribution in [2.75, 3.05) is 13.1 Å². The Hall–Kier alpha value is -2.73. The first-order chi connectivity index (χ1) is 12.8. The van der Waals surface area contributed by atoms with Gasteiger partial charge in [0.1, 0.15) is 0 Å². The smallest absolute Gasteiger partial charge is 0.248 e. The summed E-state index contributed by atoms with van der Waals surface area (Å²) in [5.74, 6) is 1.29. The van der Waals surface area contributed by atoms with Gasteiger partial charge in [0, 0.05) is 30.1 Å². The van der Waals surface area contributed by atoms with Gasteiger partial charge in [-0.15, -0.1) is 10.2 Å². The second-order valence-electron chi connectivity index (χ2n) is 6.32. The highest BCUT2D eigenvalue weighted by Crippen LogP contribution is 2.29. The number of rotatable bonds is 4. The number of carbonyl (C=O) groups excluding carboxylic acids is 1. The van der Waals surface area contributed by atoms with Gasteiger partial charge in [0.15, 0.2) is 0 Å². The molecule has 26 heavy (non-hydrogen) atoms. The third-order valence-electron chi connectivity index (χ3n) is 4.51. The molecule has 0 N–H and O–H groups in total. The van der Waals surface area contributed by atoms with Gasteiger partial charge in [0.25, 0.3) is 0 Å². The Morgan fingerprint density at radius 2 is 2.12 bits per heavy atom. The minimum absolute atomic E-state index is 0.0242. The van der Waals surface area contributed by atoms with E-state index in [0.29, 0.717) is 18.3 Å². The molecule has 3 aromatic rings. The Morgan fingerprint density at radius 3 is 2.92 bits per heavy atom. The second-order valence-corrected chi connectivity index (χ2v) is 7.10. The highest BCUT2D eigenvalue weighted by Gasteiger charge is 2.27. The molecule has 1 aliphatic rings. The van der Waals surface area contributed by atoms with Gasteiger partial charge >= 0.3 is 0 Å². The van der Waals surface area contributed by atoms with Crippen LogP contribution in [-0.2, 0) is 4.79 Å². The lowest BCUT2D eigenvalue weighted by Crippen LogP contribution is -2.38. The maximum Gasteiger partial charge on any atom is 0.248 e. The molecule has 1 amide bonds. The highest BCUT2D eigenvalue weighted by atomic mass is 32.1. The first-order valence-corrected chi connectivity index (χ1v) is 9.62. The standard InChI is InChI=1S/C20H19N3O2S/c24-18(9-8-15-5-2-1-3-6-15)23-11-4-7-16(13-23)19-21-22-20(25-19)17-10-12-26-14-17/h1-3,5-6,8-10,12,14,16H,4,7,11,13H2/b9-8+. The van der Waals surface area contributed by atoms with Crippen LogP contribution in [0.3, 0.4) is 0 Å². The van der Waals surface area contributed by atoms with Crippen molar-refractivity contribution in [3.05, 3.63) is 64.7 Å². The summed E-state index contributed by atoms with van der Waals surface area (Å²) in [6.45, 7) is 1.38. The second kappa shape index (κ2) is 7.66. The first-order valence-electron chi connectivity index (χ1n) is 8.67. The molecule has 1 atom stereocenters. The average Bonchev–Trinajstić information content (AvgIpc) is 3.38. The number of thiophene rings is 1. The lowest BCUT2D eigenvalue weighted by molar-refractivity contribution is -0.127.